The van der Waals surface area contributed by atoms with Gasteiger partial charge in [0.2, 0.25) is 11.6 Å². The first-order valence-corrected chi connectivity index (χ1v) is 25.6. The molecule has 2 fully saturated rings. The fourth-order valence-corrected chi connectivity index (χ4v) is 11.0. The Bertz CT molecular complexity index is 2840. The molecule has 0 bridgehead atoms. The van der Waals surface area contributed by atoms with Crippen molar-refractivity contribution in [2.75, 3.05) is 10.6 Å². The molecule has 9 nitrogen and oxygen atoms in total. The molecule has 0 aromatic heterocycles. The van der Waals surface area contributed by atoms with Crippen molar-refractivity contribution in [2.24, 2.45) is 11.8 Å². The summed E-state index contributed by atoms with van der Waals surface area (Å²) in [5.41, 5.74) is 4.14. The lowest BCUT2D eigenvalue weighted by Gasteiger charge is -2.29. The number of hydrogen-bond acceptors (Lipinski definition) is 9. The van der Waals surface area contributed by atoms with Gasteiger partial charge in [-0.05, 0) is 142 Å². The molecule has 0 heterocycles. The minimum Gasteiger partial charge on any atom is -0.504 e. The maximum absolute atomic E-state index is 15.3. The highest BCUT2D eigenvalue weighted by molar-refractivity contribution is 6.34. The summed E-state index contributed by atoms with van der Waals surface area (Å²) in [6, 6.07) is 27.3. The second-order valence-corrected chi connectivity index (χ2v) is 19.9. The van der Waals surface area contributed by atoms with Gasteiger partial charge in [0.1, 0.15) is 11.5 Å². The monoisotopic (exact) mass is 935 g/mol. The summed E-state index contributed by atoms with van der Waals surface area (Å²) in [4.78, 5) is 30.5. The number of fused-ring (bicyclic) bond motifs is 2. The number of hydrogen-bond donors (Lipinski definition) is 4. The van der Waals surface area contributed by atoms with Crippen LogP contribution in [0.3, 0.4) is 0 Å². The van der Waals surface area contributed by atoms with Crippen LogP contribution in [-0.2, 0) is 0 Å². The second-order valence-electron chi connectivity index (χ2n) is 19.9. The van der Waals surface area contributed by atoms with E-state index in [1.54, 1.807) is 30.3 Å². The van der Waals surface area contributed by atoms with Gasteiger partial charge in [0.05, 0.1) is 51.3 Å². The van der Waals surface area contributed by atoms with E-state index >= 15 is 9.59 Å². The summed E-state index contributed by atoms with van der Waals surface area (Å²) < 4.78 is 12.8. The molecular formula is C61H65N3O6. The molecule has 5 aromatic rings. The second kappa shape index (κ2) is 21.7. The summed E-state index contributed by atoms with van der Waals surface area (Å²) in [5.74, 6) is 1.05. The number of rotatable bonds is 16. The predicted octanol–water partition coefficient (Wildman–Crippen LogP) is 15.9. The van der Waals surface area contributed by atoms with Gasteiger partial charge in [0.25, 0.3) is 0 Å². The van der Waals surface area contributed by atoms with Gasteiger partial charge in [-0.2, -0.15) is 5.26 Å². The van der Waals surface area contributed by atoms with Crippen molar-refractivity contribution in [1.29, 1.82) is 5.26 Å². The van der Waals surface area contributed by atoms with E-state index in [4.69, 9.17) is 9.47 Å². The van der Waals surface area contributed by atoms with Gasteiger partial charge in [-0.1, -0.05) is 113 Å². The fourth-order valence-electron chi connectivity index (χ4n) is 11.0. The molecule has 9 rings (SSSR count). The molecule has 1 unspecified atom stereocenters. The van der Waals surface area contributed by atoms with E-state index in [-0.39, 0.29) is 45.1 Å². The van der Waals surface area contributed by atoms with Gasteiger partial charge >= 0.3 is 0 Å². The number of anilines is 3. The summed E-state index contributed by atoms with van der Waals surface area (Å²) in [7, 11) is 0. The van der Waals surface area contributed by atoms with Crippen molar-refractivity contribution in [3.8, 4) is 40.6 Å². The molecule has 5 aromatic carbocycles. The van der Waals surface area contributed by atoms with Crippen molar-refractivity contribution in [1.82, 2.24) is 0 Å². The Hall–Kier alpha value is -7.05. The Morgan fingerprint density at radius 2 is 1.11 bits per heavy atom. The van der Waals surface area contributed by atoms with E-state index in [0.29, 0.717) is 34.6 Å². The lowest BCUT2D eigenvalue weighted by molar-refractivity contribution is 0.0974. The van der Waals surface area contributed by atoms with Gasteiger partial charge < -0.3 is 30.3 Å². The largest absolute Gasteiger partial charge is 0.504 e. The summed E-state index contributed by atoms with van der Waals surface area (Å²) in [6.07, 6.45) is 26.9. The number of carbonyl (C=O) groups is 2. The minimum absolute atomic E-state index is 0.00956. The van der Waals surface area contributed by atoms with Crippen LogP contribution in [0.4, 0.5) is 17.1 Å². The number of carbonyl (C=O) groups excluding carboxylic acids is 2. The average molecular weight is 936 g/mol. The molecular weight excluding hydrogens is 871 g/mol. The number of phenolic OH excluding ortho intramolecular Hbond substituents is 2. The molecule has 0 amide bonds. The zero-order valence-electron chi connectivity index (χ0n) is 40.7. The third-order valence-electron chi connectivity index (χ3n) is 15.1. The van der Waals surface area contributed by atoms with E-state index < -0.39 is 29.1 Å². The molecule has 4 aliphatic rings. The maximum atomic E-state index is 15.3. The number of nitriles is 1. The van der Waals surface area contributed by atoms with Gasteiger partial charge in [0, 0.05) is 17.8 Å². The summed E-state index contributed by atoms with van der Waals surface area (Å²) in [6.45, 7) is 6.49. The highest BCUT2D eigenvalue weighted by Crippen LogP contribution is 2.51. The smallest absolute Gasteiger partial charge is 0.200 e. The number of allylic oxidation sites excluding steroid dienone is 4. The molecule has 9 heteroatoms. The lowest BCUT2D eigenvalue weighted by Crippen LogP contribution is -2.26. The van der Waals surface area contributed by atoms with Crippen molar-refractivity contribution < 1.29 is 29.3 Å². The fraction of sp³-hybridized carbons (Fsp3) is 0.361. The topological polar surface area (TPSA) is 141 Å². The molecule has 4 N–H and O–H groups in total. The van der Waals surface area contributed by atoms with Crippen LogP contribution < -0.4 is 20.1 Å². The van der Waals surface area contributed by atoms with Crippen LogP contribution in [-0.4, -0.2) is 27.8 Å². The van der Waals surface area contributed by atoms with Crippen LogP contribution in [0.1, 0.15) is 171 Å². The van der Waals surface area contributed by atoms with Crippen LogP contribution in [0.5, 0.6) is 34.5 Å². The van der Waals surface area contributed by atoms with Crippen LogP contribution >= 0.6 is 0 Å². The first-order chi connectivity index (χ1) is 34.1. The van der Waals surface area contributed by atoms with E-state index in [1.807, 2.05) is 61.6 Å². The molecule has 0 radical (unpaired) electrons. The first-order valence-electron chi connectivity index (χ1n) is 25.6. The van der Waals surface area contributed by atoms with Crippen molar-refractivity contribution >= 4 is 28.6 Å². The Kier molecular flexibility index (Phi) is 14.9. The molecule has 2 saturated carbocycles. The normalized spacial score (nSPS) is 20.7. The molecule has 360 valence electrons. The number of nitrogens with one attached hydrogen (secondary N) is 2. The standard InChI is InChI=1S/C61H65N3O6/c1-4-6-10-39-14-20-42(21-15-39)44-24-31-48(32-25-44)69-52-35-50(63-46-12-8-9-38(3)13-28-46)54-56(58(52)65)61(68)55-51(64-47-29-18-41(37-62)19-30-47)36-53(59(66)57(55)60(54)67)70-49-33-26-45(27-34-49)43-22-16-40(17-23-43)11-7-5-2/h8-9,12-13,18-19,24-36,39-40,42-43,46,63-66H,4-7,10-11,14-17,20-23H2,1-3H3. The maximum Gasteiger partial charge on any atom is 0.200 e. The molecule has 0 saturated heterocycles. The number of unbranched alkanes of at least 4 members (excludes halogenated alkanes) is 2. The number of ether oxygens (including phenoxy) is 2. The van der Waals surface area contributed by atoms with Crippen LogP contribution in [0.25, 0.3) is 0 Å². The highest BCUT2D eigenvalue weighted by Gasteiger charge is 2.41. The molecule has 4 aliphatic carbocycles. The Morgan fingerprint density at radius 1 is 0.629 bits per heavy atom. The number of ketones is 2. The van der Waals surface area contributed by atoms with Crippen molar-refractivity contribution in [3.05, 3.63) is 160 Å². The Labute approximate surface area is 413 Å². The van der Waals surface area contributed by atoms with E-state index in [1.165, 1.54) is 81.4 Å². The summed E-state index contributed by atoms with van der Waals surface area (Å²) >= 11 is 0. The number of benzene rings is 5. The van der Waals surface area contributed by atoms with Crippen molar-refractivity contribution in [2.45, 2.75) is 129 Å². The highest BCUT2D eigenvalue weighted by atomic mass is 16.5. The Balaban J connectivity index is 1.07. The van der Waals surface area contributed by atoms with E-state index in [2.05, 4.69) is 54.8 Å². The SMILES string of the molecule is CCCCC1CCC(c2ccc(Oc3cc(Nc4ccc(C#N)cc4)c4c(c3O)C(=O)c3c(NC5C=CC=C(C)C=C5)cc(Oc5ccc(C6CCC(CCCC)CC6)cc5)c(O)c3C4=O)cc2)CC1. The predicted molar refractivity (Wildman–Crippen MR) is 278 cm³/mol. The zero-order chi connectivity index (χ0) is 48.7. The van der Waals surface area contributed by atoms with Crippen LogP contribution in [0.2, 0.25) is 0 Å². The van der Waals surface area contributed by atoms with E-state index in [9.17, 15) is 15.5 Å². The zero-order valence-corrected chi connectivity index (χ0v) is 40.7. The molecule has 70 heavy (non-hydrogen) atoms. The van der Waals surface area contributed by atoms with Gasteiger partial charge in [-0.3, -0.25) is 9.59 Å². The Morgan fingerprint density at radius 3 is 1.60 bits per heavy atom. The van der Waals surface area contributed by atoms with Gasteiger partial charge in [-0.15, -0.1) is 0 Å². The lowest BCUT2D eigenvalue weighted by atomic mass is 9.77. The van der Waals surface area contributed by atoms with Gasteiger partial charge in [0.15, 0.2) is 23.0 Å². The first kappa shape index (κ1) is 48.0. The van der Waals surface area contributed by atoms with E-state index in [0.717, 1.165) is 43.1 Å². The third kappa shape index (κ3) is 10.6. The van der Waals surface area contributed by atoms with Gasteiger partial charge in [-0.25, -0.2) is 0 Å². The quantitative estimate of drug-likeness (QED) is 0.0698. The number of nitrogens with zero attached hydrogens (tertiary/aromatic N) is 1. The molecule has 1 atom stereocenters. The van der Waals surface area contributed by atoms with Crippen LogP contribution in [0.15, 0.2) is 121 Å². The number of phenols is 2. The number of aromatic hydroxyl groups is 2. The minimum atomic E-state index is -0.697. The van der Waals surface area contributed by atoms with Crippen molar-refractivity contribution in [3.63, 3.8) is 0 Å². The van der Waals surface area contributed by atoms with Crippen LogP contribution in [0, 0.1) is 23.2 Å². The average Bonchev–Trinajstić information content (AvgIpc) is 3.60. The molecule has 0 spiro atoms. The third-order valence-corrected chi connectivity index (χ3v) is 15.1. The summed E-state index contributed by atoms with van der Waals surface area (Å²) in [5, 5.41) is 40.6. The molecule has 0 aliphatic heterocycles.